The van der Waals surface area contributed by atoms with Gasteiger partial charge in [0.1, 0.15) is 0 Å². The molecule has 6 nitrogen and oxygen atoms in total. The number of ether oxygens (including phenoxy) is 1. The van der Waals surface area contributed by atoms with Gasteiger partial charge in [0, 0.05) is 24.4 Å². The summed E-state index contributed by atoms with van der Waals surface area (Å²) in [6.45, 7) is 5.36. The van der Waals surface area contributed by atoms with Gasteiger partial charge in [0.05, 0.1) is 36.6 Å². The molecule has 1 aliphatic heterocycles. The number of fused-ring (bicyclic) bond motifs is 1. The third-order valence-electron chi connectivity index (χ3n) is 5.98. The zero-order chi connectivity index (χ0) is 19.0. The molecule has 1 aromatic carbocycles. The molecule has 1 saturated heterocycles. The third-order valence-corrected chi connectivity index (χ3v) is 5.98. The number of hydrogen-bond acceptors (Lipinski definition) is 4. The van der Waals surface area contributed by atoms with E-state index in [1.165, 1.54) is 0 Å². The number of rotatable bonds is 4. The predicted octanol–water partition coefficient (Wildman–Crippen LogP) is 2.03. The molecule has 4 rings (SSSR count). The van der Waals surface area contributed by atoms with Gasteiger partial charge in [0.25, 0.3) is 0 Å². The van der Waals surface area contributed by atoms with Gasteiger partial charge in [-0.05, 0) is 44.7 Å². The molecule has 2 heterocycles. The molecule has 1 aliphatic carbocycles. The Labute approximate surface area is 159 Å². The van der Waals surface area contributed by atoms with Gasteiger partial charge in [-0.15, -0.1) is 0 Å². The fraction of sp³-hybridized carbons (Fsp3) is 0.524. The first-order chi connectivity index (χ1) is 13.1. The topological polar surface area (TPSA) is 67.6 Å². The van der Waals surface area contributed by atoms with Crippen LogP contribution < -0.4 is 0 Å². The maximum absolute atomic E-state index is 13.1. The fourth-order valence-corrected chi connectivity index (χ4v) is 4.51. The van der Waals surface area contributed by atoms with E-state index in [0.717, 1.165) is 35.5 Å². The fourth-order valence-electron chi connectivity index (χ4n) is 4.51. The maximum Gasteiger partial charge on any atom is 0.227 e. The molecule has 0 radical (unpaired) electrons. The Balaban J connectivity index is 1.54. The second-order valence-corrected chi connectivity index (χ2v) is 7.66. The van der Waals surface area contributed by atoms with Crippen LogP contribution in [0, 0.1) is 19.8 Å². The average Bonchev–Trinajstić information content (AvgIpc) is 3.24. The molecule has 0 unspecified atom stereocenters. The van der Waals surface area contributed by atoms with Gasteiger partial charge in [-0.3, -0.25) is 4.79 Å². The number of aryl methyl sites for hydroxylation is 1. The van der Waals surface area contributed by atoms with Gasteiger partial charge in [0.15, 0.2) is 0 Å². The number of aliphatic hydroxyl groups excluding tert-OH is 1. The number of amides is 1. The monoisotopic (exact) mass is 369 g/mol. The van der Waals surface area contributed by atoms with Crippen molar-refractivity contribution in [2.45, 2.75) is 45.3 Å². The minimum Gasteiger partial charge on any atom is -0.396 e. The van der Waals surface area contributed by atoms with Crippen LogP contribution in [-0.4, -0.2) is 57.6 Å². The van der Waals surface area contributed by atoms with Gasteiger partial charge in [0.2, 0.25) is 5.91 Å². The average molecular weight is 369 g/mol. The lowest BCUT2D eigenvalue weighted by molar-refractivity contribution is -0.143. The largest absolute Gasteiger partial charge is 0.396 e. The smallest absolute Gasteiger partial charge is 0.227 e. The number of aliphatic hydroxyl groups is 1. The van der Waals surface area contributed by atoms with Crippen molar-refractivity contribution in [2.24, 2.45) is 5.92 Å². The number of hydrogen-bond donors (Lipinski definition) is 1. The van der Waals surface area contributed by atoms with E-state index < -0.39 is 0 Å². The molecule has 3 atom stereocenters. The van der Waals surface area contributed by atoms with E-state index >= 15 is 0 Å². The molecular formula is C21H27N3O3. The summed E-state index contributed by atoms with van der Waals surface area (Å²) in [5, 5.41) is 14.1. The second-order valence-electron chi connectivity index (χ2n) is 7.66. The van der Waals surface area contributed by atoms with Gasteiger partial charge in [-0.25, -0.2) is 4.68 Å². The van der Waals surface area contributed by atoms with E-state index in [1.807, 2.05) is 53.8 Å². The predicted molar refractivity (Wildman–Crippen MR) is 102 cm³/mol. The summed E-state index contributed by atoms with van der Waals surface area (Å²) >= 11 is 0. The summed E-state index contributed by atoms with van der Waals surface area (Å²) in [6.07, 6.45) is 2.09. The number of aromatic nitrogens is 2. The molecule has 2 aliphatic rings. The van der Waals surface area contributed by atoms with Gasteiger partial charge in [-0.2, -0.15) is 5.10 Å². The van der Waals surface area contributed by atoms with E-state index in [9.17, 15) is 9.90 Å². The SMILES string of the molecule is Cc1nn(-c2ccccc2)c(C)c1CC(=O)N1CCO[C@H]2C[C@H](CO)C[C@@H]21. The molecule has 2 fully saturated rings. The molecule has 2 aromatic rings. The van der Waals surface area contributed by atoms with E-state index in [2.05, 4.69) is 5.10 Å². The van der Waals surface area contributed by atoms with Crippen molar-refractivity contribution in [3.05, 3.63) is 47.3 Å². The van der Waals surface area contributed by atoms with Gasteiger partial charge >= 0.3 is 0 Å². The summed E-state index contributed by atoms with van der Waals surface area (Å²) in [5.74, 6) is 0.364. The van der Waals surface area contributed by atoms with Gasteiger partial charge in [-0.1, -0.05) is 18.2 Å². The number of morpholine rings is 1. The third kappa shape index (κ3) is 3.39. The van der Waals surface area contributed by atoms with Crippen LogP contribution in [0.5, 0.6) is 0 Å². The van der Waals surface area contributed by atoms with Crippen LogP contribution in [0.15, 0.2) is 30.3 Å². The summed E-state index contributed by atoms with van der Waals surface area (Å²) in [5.41, 5.74) is 3.92. The van der Waals surface area contributed by atoms with Crippen LogP contribution in [0.25, 0.3) is 5.69 Å². The maximum atomic E-state index is 13.1. The highest BCUT2D eigenvalue weighted by atomic mass is 16.5. The van der Waals surface area contributed by atoms with Crippen LogP contribution >= 0.6 is 0 Å². The minimum absolute atomic E-state index is 0.0640. The van der Waals surface area contributed by atoms with Crippen LogP contribution in [-0.2, 0) is 16.0 Å². The summed E-state index contributed by atoms with van der Waals surface area (Å²) in [7, 11) is 0. The molecule has 0 spiro atoms. The van der Waals surface area contributed by atoms with E-state index in [4.69, 9.17) is 4.74 Å². The lowest BCUT2D eigenvalue weighted by Gasteiger charge is -2.37. The molecule has 0 bridgehead atoms. The van der Waals surface area contributed by atoms with E-state index in [1.54, 1.807) is 0 Å². The minimum atomic E-state index is 0.0640. The Hall–Kier alpha value is -2.18. The quantitative estimate of drug-likeness (QED) is 0.895. The Bertz CT molecular complexity index is 818. The van der Waals surface area contributed by atoms with Gasteiger partial charge < -0.3 is 14.7 Å². The first kappa shape index (κ1) is 18.2. The highest BCUT2D eigenvalue weighted by Crippen LogP contribution is 2.34. The number of nitrogens with zero attached hydrogens (tertiary/aromatic N) is 3. The van der Waals surface area contributed by atoms with Crippen LogP contribution in [0.1, 0.15) is 29.8 Å². The first-order valence-electron chi connectivity index (χ1n) is 9.71. The zero-order valence-corrected chi connectivity index (χ0v) is 16.0. The molecule has 27 heavy (non-hydrogen) atoms. The molecule has 1 aromatic heterocycles. The second kappa shape index (κ2) is 7.44. The van der Waals surface area contributed by atoms with Crippen LogP contribution in [0.2, 0.25) is 0 Å². The normalized spacial score (nSPS) is 24.9. The Kier molecular flexibility index (Phi) is 5.02. The summed E-state index contributed by atoms with van der Waals surface area (Å²) < 4.78 is 7.77. The Morgan fingerprint density at radius 1 is 1.26 bits per heavy atom. The Morgan fingerprint density at radius 3 is 2.78 bits per heavy atom. The number of carbonyl (C=O) groups is 1. The molecule has 1 amide bonds. The van der Waals surface area contributed by atoms with Crippen molar-refractivity contribution in [1.82, 2.24) is 14.7 Å². The molecule has 1 N–H and O–H groups in total. The molecule has 1 saturated carbocycles. The van der Waals surface area contributed by atoms with Crippen LogP contribution in [0.3, 0.4) is 0 Å². The molecular weight excluding hydrogens is 342 g/mol. The molecule has 144 valence electrons. The first-order valence-corrected chi connectivity index (χ1v) is 9.71. The van der Waals surface area contributed by atoms with E-state index in [-0.39, 0.29) is 30.6 Å². The highest BCUT2D eigenvalue weighted by Gasteiger charge is 2.42. The van der Waals surface area contributed by atoms with Crippen molar-refractivity contribution in [1.29, 1.82) is 0 Å². The zero-order valence-electron chi connectivity index (χ0n) is 16.0. The number of para-hydroxylation sites is 1. The number of carbonyl (C=O) groups excluding carboxylic acids is 1. The highest BCUT2D eigenvalue weighted by molar-refractivity contribution is 5.80. The number of benzene rings is 1. The summed E-state index contributed by atoms with van der Waals surface area (Å²) in [6, 6.07) is 10.1. The van der Waals surface area contributed by atoms with Crippen molar-refractivity contribution < 1.29 is 14.6 Å². The van der Waals surface area contributed by atoms with Crippen LogP contribution in [0.4, 0.5) is 0 Å². The molecule has 6 heteroatoms. The van der Waals surface area contributed by atoms with Crippen molar-refractivity contribution in [2.75, 3.05) is 19.8 Å². The van der Waals surface area contributed by atoms with E-state index in [0.29, 0.717) is 19.6 Å². The van der Waals surface area contributed by atoms with Crippen molar-refractivity contribution in [3.8, 4) is 5.69 Å². The Morgan fingerprint density at radius 2 is 2.04 bits per heavy atom. The lowest BCUT2D eigenvalue weighted by Crippen LogP contribution is -2.51. The summed E-state index contributed by atoms with van der Waals surface area (Å²) in [4.78, 5) is 15.1. The lowest BCUT2D eigenvalue weighted by atomic mass is 10.1. The van der Waals surface area contributed by atoms with Crippen molar-refractivity contribution >= 4 is 5.91 Å². The standard InChI is InChI=1S/C21H27N3O3/c1-14-18(15(2)24(22-14)17-6-4-3-5-7-17)12-21(26)23-8-9-27-20-11-16(13-25)10-19(20)23/h3-7,16,19-20,25H,8-13H2,1-2H3/t16-,19+,20+/m1/s1. The van der Waals surface area contributed by atoms with Crippen molar-refractivity contribution in [3.63, 3.8) is 0 Å².